The predicted octanol–water partition coefficient (Wildman–Crippen LogP) is 3.98. The van der Waals surface area contributed by atoms with Crippen LogP contribution < -0.4 is 10.2 Å². The van der Waals surface area contributed by atoms with Crippen LogP contribution in [0.25, 0.3) is 11.3 Å². The Labute approximate surface area is 136 Å². The van der Waals surface area contributed by atoms with Gasteiger partial charge in [-0.05, 0) is 37.1 Å². The van der Waals surface area contributed by atoms with Crippen molar-refractivity contribution in [1.82, 2.24) is 10.3 Å². The molecule has 1 N–H and O–H groups in total. The van der Waals surface area contributed by atoms with Crippen LogP contribution in [0.1, 0.15) is 32.1 Å². The molecule has 4 heteroatoms. The molecule has 4 nitrogen and oxygen atoms in total. The monoisotopic (exact) mass is 307 g/mol. The molecule has 0 unspecified atom stereocenters. The highest BCUT2D eigenvalue weighted by Crippen LogP contribution is 2.35. The molecule has 1 aliphatic heterocycles. The second-order valence-corrected chi connectivity index (χ2v) is 6.62. The fourth-order valence-electron chi connectivity index (χ4n) is 3.80. The summed E-state index contributed by atoms with van der Waals surface area (Å²) < 4.78 is 0. The van der Waals surface area contributed by atoms with E-state index in [9.17, 15) is 4.79 Å². The average molecular weight is 307 g/mol. The predicted molar refractivity (Wildman–Crippen MR) is 91.4 cm³/mol. The average Bonchev–Trinajstić information content (AvgIpc) is 2.92. The highest BCUT2D eigenvalue weighted by molar-refractivity contribution is 5.95. The minimum absolute atomic E-state index is 0.0175. The Kier molecular flexibility index (Phi) is 3.52. The maximum absolute atomic E-state index is 12.5. The smallest absolute Gasteiger partial charge is 0.322 e. The third kappa shape index (κ3) is 2.69. The van der Waals surface area contributed by atoms with Gasteiger partial charge in [-0.3, -0.25) is 9.88 Å². The van der Waals surface area contributed by atoms with Crippen molar-refractivity contribution in [1.29, 1.82) is 0 Å². The first kappa shape index (κ1) is 14.2. The van der Waals surface area contributed by atoms with Crippen LogP contribution in [0.5, 0.6) is 0 Å². The van der Waals surface area contributed by atoms with Gasteiger partial charge in [-0.15, -0.1) is 0 Å². The first-order valence-corrected chi connectivity index (χ1v) is 8.37. The van der Waals surface area contributed by atoms with Gasteiger partial charge >= 0.3 is 6.03 Å². The number of amides is 2. The number of rotatable bonds is 2. The van der Waals surface area contributed by atoms with E-state index < -0.39 is 0 Å². The van der Waals surface area contributed by atoms with Crippen molar-refractivity contribution in [2.24, 2.45) is 0 Å². The van der Waals surface area contributed by atoms with Crippen molar-refractivity contribution in [3.63, 3.8) is 0 Å². The number of benzene rings is 1. The van der Waals surface area contributed by atoms with Crippen molar-refractivity contribution in [3.8, 4) is 11.3 Å². The number of hydrogen-bond donors (Lipinski definition) is 1. The van der Waals surface area contributed by atoms with E-state index in [1.54, 1.807) is 6.20 Å². The second kappa shape index (κ2) is 5.69. The van der Waals surface area contributed by atoms with Gasteiger partial charge in [-0.2, -0.15) is 0 Å². The number of carbonyl (C=O) groups excluding carboxylic acids is 1. The molecule has 2 aromatic rings. The van der Waals surface area contributed by atoms with Crippen LogP contribution in [-0.2, 0) is 0 Å². The Hall–Kier alpha value is -2.36. The van der Waals surface area contributed by atoms with Gasteiger partial charge in [0.15, 0.2) is 0 Å². The molecule has 1 saturated heterocycles. The van der Waals surface area contributed by atoms with Crippen LogP contribution >= 0.6 is 0 Å². The van der Waals surface area contributed by atoms with Gasteiger partial charge < -0.3 is 5.32 Å². The molecule has 1 saturated carbocycles. The van der Waals surface area contributed by atoms with E-state index in [0.717, 1.165) is 36.3 Å². The normalized spacial score (nSPS) is 19.8. The largest absolute Gasteiger partial charge is 0.330 e. The lowest BCUT2D eigenvalue weighted by Gasteiger charge is -2.32. The topological polar surface area (TPSA) is 45.2 Å². The maximum Gasteiger partial charge on any atom is 0.322 e. The van der Waals surface area contributed by atoms with Crippen molar-refractivity contribution in [2.75, 3.05) is 11.4 Å². The van der Waals surface area contributed by atoms with Crippen molar-refractivity contribution in [2.45, 2.75) is 37.6 Å². The minimum Gasteiger partial charge on any atom is -0.330 e. The Bertz CT molecular complexity index is 708. The van der Waals surface area contributed by atoms with Gasteiger partial charge in [-0.1, -0.05) is 37.5 Å². The van der Waals surface area contributed by atoms with Crippen LogP contribution in [0.3, 0.4) is 0 Å². The molecule has 23 heavy (non-hydrogen) atoms. The summed E-state index contributed by atoms with van der Waals surface area (Å²) in [5.41, 5.74) is 2.91. The summed E-state index contributed by atoms with van der Waals surface area (Å²) in [5, 5.41) is 3.25. The fraction of sp³-hybridized carbons (Fsp3) is 0.368. The zero-order valence-corrected chi connectivity index (χ0v) is 13.2. The number of nitrogens with one attached hydrogen (secondary N) is 1. The fourth-order valence-corrected chi connectivity index (χ4v) is 3.80. The third-order valence-electron chi connectivity index (χ3n) is 5.01. The molecule has 2 fully saturated rings. The van der Waals surface area contributed by atoms with Gasteiger partial charge in [0.25, 0.3) is 0 Å². The number of hydrogen-bond acceptors (Lipinski definition) is 2. The summed E-state index contributed by atoms with van der Waals surface area (Å²) in [7, 11) is 0. The molecule has 4 rings (SSSR count). The lowest BCUT2D eigenvalue weighted by atomic mass is 9.82. The second-order valence-electron chi connectivity index (χ2n) is 6.62. The first-order valence-electron chi connectivity index (χ1n) is 8.37. The molecule has 0 bridgehead atoms. The van der Waals surface area contributed by atoms with E-state index in [2.05, 4.69) is 16.4 Å². The van der Waals surface area contributed by atoms with Crippen LogP contribution in [-0.4, -0.2) is 23.1 Å². The van der Waals surface area contributed by atoms with Crippen molar-refractivity contribution < 1.29 is 4.79 Å². The number of carbonyl (C=O) groups is 1. The lowest BCUT2D eigenvalue weighted by Crippen LogP contribution is -2.44. The molecule has 2 heterocycles. The SMILES string of the molecule is O=C1NC2(CCCCC2)CN1c1cccc(-c2ccccn2)c1. The third-order valence-corrected chi connectivity index (χ3v) is 5.01. The molecule has 0 atom stereocenters. The minimum atomic E-state index is -0.0175. The summed E-state index contributed by atoms with van der Waals surface area (Å²) in [6.45, 7) is 0.775. The summed E-state index contributed by atoms with van der Waals surface area (Å²) in [6, 6.07) is 14.0. The molecule has 118 valence electrons. The number of nitrogens with zero attached hydrogens (tertiary/aromatic N) is 2. The molecule has 2 amide bonds. The molecular weight excluding hydrogens is 286 g/mol. The van der Waals surface area contributed by atoms with Crippen LogP contribution in [0.2, 0.25) is 0 Å². The van der Waals surface area contributed by atoms with E-state index in [1.165, 1.54) is 19.3 Å². The quantitative estimate of drug-likeness (QED) is 0.912. The molecule has 1 aliphatic carbocycles. The van der Waals surface area contributed by atoms with E-state index in [0.29, 0.717) is 0 Å². The van der Waals surface area contributed by atoms with E-state index in [-0.39, 0.29) is 11.6 Å². The standard InChI is InChI=1S/C19H21N3O/c23-18-21-19(10-3-1-4-11-19)14-22(18)16-8-6-7-15(13-16)17-9-2-5-12-20-17/h2,5-9,12-13H,1,3-4,10-11,14H2,(H,21,23). The number of aromatic nitrogens is 1. The Morgan fingerprint density at radius 3 is 2.70 bits per heavy atom. The number of urea groups is 1. The van der Waals surface area contributed by atoms with E-state index in [1.807, 2.05) is 41.3 Å². The lowest BCUT2D eigenvalue weighted by molar-refractivity contribution is 0.237. The zero-order valence-electron chi connectivity index (χ0n) is 13.2. The van der Waals surface area contributed by atoms with Gasteiger partial charge in [0.05, 0.1) is 17.8 Å². The summed E-state index contributed by atoms with van der Waals surface area (Å²) in [4.78, 5) is 18.8. The Morgan fingerprint density at radius 2 is 1.91 bits per heavy atom. The van der Waals surface area contributed by atoms with Crippen LogP contribution in [0.4, 0.5) is 10.5 Å². The maximum atomic E-state index is 12.5. The highest BCUT2D eigenvalue weighted by Gasteiger charge is 2.43. The molecule has 0 radical (unpaired) electrons. The van der Waals surface area contributed by atoms with Crippen molar-refractivity contribution in [3.05, 3.63) is 48.7 Å². The molecule has 1 aromatic carbocycles. The zero-order chi connectivity index (χ0) is 15.7. The number of pyridine rings is 1. The Morgan fingerprint density at radius 1 is 1.04 bits per heavy atom. The van der Waals surface area contributed by atoms with E-state index >= 15 is 0 Å². The summed E-state index contributed by atoms with van der Waals surface area (Å²) in [5.74, 6) is 0. The van der Waals surface area contributed by atoms with Crippen LogP contribution in [0.15, 0.2) is 48.7 Å². The molecule has 2 aliphatic rings. The molecule has 1 spiro atoms. The van der Waals surface area contributed by atoms with Gasteiger partial charge in [0.2, 0.25) is 0 Å². The summed E-state index contributed by atoms with van der Waals surface area (Å²) >= 11 is 0. The van der Waals surface area contributed by atoms with E-state index in [4.69, 9.17) is 0 Å². The van der Waals surface area contributed by atoms with Gasteiger partial charge in [0, 0.05) is 17.4 Å². The highest BCUT2D eigenvalue weighted by atomic mass is 16.2. The van der Waals surface area contributed by atoms with Gasteiger partial charge in [-0.25, -0.2) is 4.79 Å². The molecular formula is C19H21N3O. The van der Waals surface area contributed by atoms with Gasteiger partial charge in [0.1, 0.15) is 0 Å². The van der Waals surface area contributed by atoms with Crippen molar-refractivity contribution >= 4 is 11.7 Å². The van der Waals surface area contributed by atoms with Crippen LogP contribution in [0, 0.1) is 0 Å². The summed E-state index contributed by atoms with van der Waals surface area (Å²) in [6.07, 6.45) is 7.68. The first-order chi connectivity index (χ1) is 11.3. The Balaban J connectivity index is 1.62. The number of anilines is 1. The molecule has 1 aromatic heterocycles.